The molecule has 2 aromatic rings. The van der Waals surface area contributed by atoms with Crippen LogP contribution in [-0.4, -0.2) is 34.6 Å². The molecule has 1 fully saturated rings. The van der Waals surface area contributed by atoms with Crippen molar-refractivity contribution in [3.05, 3.63) is 28.5 Å². The van der Waals surface area contributed by atoms with E-state index >= 15 is 0 Å². The summed E-state index contributed by atoms with van der Waals surface area (Å²) in [5, 5.41) is 0. The average Bonchev–Trinajstić information content (AvgIpc) is 2.68. The van der Waals surface area contributed by atoms with Crippen molar-refractivity contribution in [3.63, 3.8) is 0 Å². The molecule has 6 heteroatoms. The van der Waals surface area contributed by atoms with Gasteiger partial charge in [-0.15, -0.1) is 0 Å². The number of likely N-dealkylation sites (tertiary alicyclic amines) is 1. The van der Waals surface area contributed by atoms with E-state index in [2.05, 4.69) is 16.9 Å². The van der Waals surface area contributed by atoms with Crippen LogP contribution in [0.2, 0.25) is 0 Å². The molecule has 1 saturated heterocycles. The maximum absolute atomic E-state index is 13.7. The van der Waals surface area contributed by atoms with Gasteiger partial charge < -0.3 is 14.5 Å². The Morgan fingerprint density at radius 1 is 1.40 bits per heavy atom. The maximum atomic E-state index is 13.7. The molecule has 1 aliphatic heterocycles. The van der Waals surface area contributed by atoms with Gasteiger partial charge in [-0.3, -0.25) is 0 Å². The van der Waals surface area contributed by atoms with Crippen molar-refractivity contribution in [3.8, 4) is 0 Å². The lowest BCUT2D eigenvalue weighted by Crippen LogP contribution is -2.34. The molecule has 1 N–H and O–H groups in total. The molecular formula is C14H17F2N3S. The Hall–Kier alpha value is -1.27. The van der Waals surface area contributed by atoms with Gasteiger partial charge in [0.05, 0.1) is 5.52 Å². The number of imidazole rings is 1. The second-order valence-electron chi connectivity index (χ2n) is 5.59. The number of rotatable bonds is 2. The number of nitrogens with zero attached hydrogens (tertiary/aromatic N) is 2. The molecule has 0 saturated carbocycles. The van der Waals surface area contributed by atoms with Gasteiger partial charge in [0, 0.05) is 19.2 Å². The topological polar surface area (TPSA) is 24.0 Å². The number of aromatic nitrogens is 2. The fourth-order valence-corrected chi connectivity index (χ4v) is 3.32. The van der Waals surface area contributed by atoms with Crippen molar-refractivity contribution >= 4 is 23.3 Å². The number of hydrogen-bond donors (Lipinski definition) is 1. The predicted octanol–water partition coefficient (Wildman–Crippen LogP) is 3.32. The average molecular weight is 297 g/mol. The smallest absolute Gasteiger partial charge is 0.178 e. The van der Waals surface area contributed by atoms with Gasteiger partial charge in [0.15, 0.2) is 10.6 Å². The highest BCUT2D eigenvalue weighted by molar-refractivity contribution is 7.71. The third-order valence-electron chi connectivity index (χ3n) is 3.96. The highest BCUT2D eigenvalue weighted by atomic mass is 32.1. The van der Waals surface area contributed by atoms with E-state index in [9.17, 15) is 8.78 Å². The zero-order valence-corrected chi connectivity index (χ0v) is 12.1. The molecule has 2 heterocycles. The zero-order valence-electron chi connectivity index (χ0n) is 11.3. The number of fused-ring (bicyclic) bond motifs is 1. The number of nitrogens with one attached hydrogen (secondary N) is 1. The van der Waals surface area contributed by atoms with Crippen LogP contribution in [0.3, 0.4) is 0 Å². The third kappa shape index (κ3) is 2.50. The molecule has 1 unspecified atom stereocenters. The van der Waals surface area contributed by atoms with Gasteiger partial charge in [0.1, 0.15) is 11.3 Å². The molecule has 0 radical (unpaired) electrons. The molecule has 1 aliphatic rings. The molecule has 108 valence electrons. The van der Waals surface area contributed by atoms with Crippen molar-refractivity contribution in [1.82, 2.24) is 14.5 Å². The van der Waals surface area contributed by atoms with E-state index in [1.54, 1.807) is 0 Å². The number of aromatic amines is 1. The van der Waals surface area contributed by atoms with Crippen LogP contribution in [0.5, 0.6) is 0 Å². The minimum Gasteiger partial charge on any atom is -0.328 e. The summed E-state index contributed by atoms with van der Waals surface area (Å²) in [6.07, 6.45) is 2.27. The standard InChI is InChI=1S/C14H17F2N3S/c1-18-4-2-3-9(7-18)8-19-12-6-10(15)5-11(16)13(12)17-14(19)20/h5-6,9H,2-4,7-8H2,1H3,(H,17,20). The maximum Gasteiger partial charge on any atom is 0.178 e. The fourth-order valence-electron chi connectivity index (χ4n) is 3.04. The first kappa shape index (κ1) is 13.7. The van der Waals surface area contributed by atoms with Crippen LogP contribution in [0.25, 0.3) is 11.0 Å². The van der Waals surface area contributed by atoms with Crippen LogP contribution in [0.15, 0.2) is 12.1 Å². The van der Waals surface area contributed by atoms with Crippen molar-refractivity contribution in [2.24, 2.45) is 5.92 Å². The Labute approximate surface area is 121 Å². The third-order valence-corrected chi connectivity index (χ3v) is 4.29. The summed E-state index contributed by atoms with van der Waals surface area (Å²) in [6.45, 7) is 2.80. The Balaban J connectivity index is 1.98. The lowest BCUT2D eigenvalue weighted by molar-refractivity contribution is 0.195. The molecule has 1 aromatic carbocycles. The second-order valence-corrected chi connectivity index (χ2v) is 5.98. The summed E-state index contributed by atoms with van der Waals surface area (Å²) in [5.41, 5.74) is 0.807. The van der Waals surface area contributed by atoms with Crippen molar-refractivity contribution < 1.29 is 8.78 Å². The number of benzene rings is 1. The van der Waals surface area contributed by atoms with Crippen LogP contribution in [0.1, 0.15) is 12.8 Å². The minimum atomic E-state index is -0.592. The first-order valence-corrected chi connectivity index (χ1v) is 7.21. The van der Waals surface area contributed by atoms with Crippen LogP contribution in [-0.2, 0) is 6.54 Å². The van der Waals surface area contributed by atoms with Gasteiger partial charge in [-0.25, -0.2) is 8.78 Å². The molecule has 0 bridgehead atoms. The molecule has 1 atom stereocenters. The number of halogens is 2. The normalized spacial score (nSPS) is 20.6. The van der Waals surface area contributed by atoms with Crippen molar-refractivity contribution in [2.45, 2.75) is 19.4 Å². The van der Waals surface area contributed by atoms with Crippen molar-refractivity contribution in [1.29, 1.82) is 0 Å². The van der Waals surface area contributed by atoms with Gasteiger partial charge in [-0.2, -0.15) is 0 Å². The highest BCUT2D eigenvalue weighted by Gasteiger charge is 2.19. The van der Waals surface area contributed by atoms with Gasteiger partial charge in [0.2, 0.25) is 0 Å². The SMILES string of the molecule is CN1CCCC(Cn2c(=S)[nH]c3c(F)cc(F)cc32)C1. The molecule has 3 nitrogen and oxygen atoms in total. The largest absolute Gasteiger partial charge is 0.328 e. The molecule has 0 aliphatic carbocycles. The van der Waals surface area contributed by atoms with Crippen LogP contribution < -0.4 is 0 Å². The molecule has 3 rings (SSSR count). The number of H-pyrrole nitrogens is 1. The Bertz CT molecular complexity index is 692. The van der Waals surface area contributed by atoms with Gasteiger partial charge in [0.25, 0.3) is 0 Å². The van der Waals surface area contributed by atoms with Gasteiger partial charge in [-0.1, -0.05) is 0 Å². The first-order chi connectivity index (χ1) is 9.54. The summed E-state index contributed by atoms with van der Waals surface area (Å²) >= 11 is 5.26. The summed E-state index contributed by atoms with van der Waals surface area (Å²) < 4.78 is 29.4. The highest BCUT2D eigenvalue weighted by Crippen LogP contribution is 2.23. The second kappa shape index (κ2) is 5.26. The monoisotopic (exact) mass is 297 g/mol. The van der Waals surface area contributed by atoms with E-state index in [0.717, 1.165) is 32.0 Å². The molecular weight excluding hydrogens is 280 g/mol. The Morgan fingerprint density at radius 2 is 2.20 bits per heavy atom. The Kier molecular flexibility index (Phi) is 3.60. The zero-order chi connectivity index (χ0) is 14.3. The number of hydrogen-bond acceptors (Lipinski definition) is 2. The lowest BCUT2D eigenvalue weighted by Gasteiger charge is -2.29. The summed E-state index contributed by atoms with van der Waals surface area (Å²) in [7, 11) is 2.10. The van der Waals surface area contributed by atoms with Gasteiger partial charge in [-0.05, 0) is 50.6 Å². The Morgan fingerprint density at radius 3 is 2.95 bits per heavy atom. The predicted molar refractivity (Wildman–Crippen MR) is 77.3 cm³/mol. The van der Waals surface area contributed by atoms with E-state index in [-0.39, 0.29) is 0 Å². The molecule has 0 amide bonds. The number of piperidine rings is 1. The van der Waals surface area contributed by atoms with Crippen molar-refractivity contribution in [2.75, 3.05) is 20.1 Å². The van der Waals surface area contributed by atoms with E-state index in [1.807, 2.05) is 4.57 Å². The lowest BCUT2D eigenvalue weighted by atomic mass is 9.98. The van der Waals surface area contributed by atoms with Crippen LogP contribution in [0.4, 0.5) is 8.78 Å². The molecule has 0 spiro atoms. The summed E-state index contributed by atoms with van der Waals surface area (Å²) in [4.78, 5) is 5.13. The first-order valence-electron chi connectivity index (χ1n) is 6.80. The summed E-state index contributed by atoms with van der Waals surface area (Å²) in [5.74, 6) is -0.699. The quantitative estimate of drug-likeness (QED) is 0.860. The molecule has 1 aromatic heterocycles. The van der Waals surface area contributed by atoms with E-state index in [0.29, 0.717) is 28.3 Å². The van der Waals surface area contributed by atoms with Gasteiger partial charge >= 0.3 is 0 Å². The fraction of sp³-hybridized carbons (Fsp3) is 0.500. The van der Waals surface area contributed by atoms with E-state index < -0.39 is 11.6 Å². The van der Waals surface area contributed by atoms with Crippen LogP contribution >= 0.6 is 12.2 Å². The van der Waals surface area contributed by atoms with E-state index in [1.165, 1.54) is 6.07 Å². The van der Waals surface area contributed by atoms with Crippen LogP contribution in [0, 0.1) is 22.3 Å². The molecule has 20 heavy (non-hydrogen) atoms. The summed E-state index contributed by atoms with van der Waals surface area (Å²) in [6, 6.07) is 2.23. The minimum absolute atomic E-state index is 0.292. The van der Waals surface area contributed by atoms with E-state index in [4.69, 9.17) is 12.2 Å².